The number of rotatable bonds is 2. The molecule has 1 aromatic carbocycles. The van der Waals surface area contributed by atoms with E-state index in [1.165, 1.54) is 24.9 Å². The van der Waals surface area contributed by atoms with Gasteiger partial charge in [0.25, 0.3) is 0 Å². The Bertz CT molecular complexity index is 459. The smallest absolute Gasteiger partial charge is 0.171 e. The van der Waals surface area contributed by atoms with Crippen LogP contribution in [0.4, 0.5) is 11.4 Å². The number of hydrogen-bond donors (Lipinski definition) is 2. The second-order valence-corrected chi connectivity index (χ2v) is 6.80. The van der Waals surface area contributed by atoms with E-state index in [4.69, 9.17) is 12.2 Å². The van der Waals surface area contributed by atoms with Crippen LogP contribution in [-0.4, -0.2) is 23.7 Å². The van der Waals surface area contributed by atoms with Gasteiger partial charge in [0.2, 0.25) is 0 Å². The lowest BCUT2D eigenvalue weighted by molar-refractivity contribution is 0.515. The van der Waals surface area contributed by atoms with Crippen LogP contribution in [0.1, 0.15) is 40.0 Å². The van der Waals surface area contributed by atoms with E-state index < -0.39 is 0 Å². The van der Waals surface area contributed by atoms with Crippen LogP contribution in [0.15, 0.2) is 24.3 Å². The van der Waals surface area contributed by atoms with Gasteiger partial charge in [-0.25, -0.2) is 0 Å². The zero-order valence-corrected chi connectivity index (χ0v) is 13.5. The Morgan fingerprint density at radius 3 is 2.40 bits per heavy atom. The maximum absolute atomic E-state index is 5.40. The van der Waals surface area contributed by atoms with E-state index in [0.717, 1.165) is 18.8 Å². The van der Waals surface area contributed by atoms with Crippen molar-refractivity contribution < 1.29 is 0 Å². The van der Waals surface area contributed by atoms with Crippen LogP contribution in [0.25, 0.3) is 0 Å². The van der Waals surface area contributed by atoms with Crippen molar-refractivity contribution in [3.63, 3.8) is 0 Å². The van der Waals surface area contributed by atoms with Gasteiger partial charge < -0.3 is 15.5 Å². The average molecular weight is 291 g/mol. The highest BCUT2D eigenvalue weighted by Gasteiger charge is 2.16. The predicted molar refractivity (Wildman–Crippen MR) is 91.6 cm³/mol. The molecule has 0 atom stereocenters. The van der Waals surface area contributed by atoms with Crippen molar-refractivity contribution in [2.45, 2.75) is 45.6 Å². The Balaban J connectivity index is 2.09. The highest BCUT2D eigenvalue weighted by atomic mass is 32.1. The van der Waals surface area contributed by atoms with Crippen LogP contribution in [0.5, 0.6) is 0 Å². The SMILES string of the molecule is CC(C)(C)NC(=S)Nc1ccccc1N1CCCCC1. The first-order valence-corrected chi connectivity index (χ1v) is 7.80. The molecule has 2 N–H and O–H groups in total. The van der Waals surface area contributed by atoms with Gasteiger partial charge in [0.05, 0.1) is 11.4 Å². The highest BCUT2D eigenvalue weighted by Crippen LogP contribution is 2.28. The maximum Gasteiger partial charge on any atom is 0.171 e. The molecule has 1 aliphatic heterocycles. The normalized spacial score (nSPS) is 15.8. The van der Waals surface area contributed by atoms with E-state index in [0.29, 0.717) is 5.11 Å². The van der Waals surface area contributed by atoms with Crippen LogP contribution in [-0.2, 0) is 0 Å². The third-order valence-corrected chi connectivity index (χ3v) is 3.54. The van der Waals surface area contributed by atoms with E-state index in [1.807, 2.05) is 0 Å². The summed E-state index contributed by atoms with van der Waals surface area (Å²) in [7, 11) is 0. The second kappa shape index (κ2) is 6.44. The van der Waals surface area contributed by atoms with Gasteiger partial charge >= 0.3 is 0 Å². The van der Waals surface area contributed by atoms with Gasteiger partial charge in [-0.3, -0.25) is 0 Å². The van der Waals surface area contributed by atoms with Gasteiger partial charge in [-0.1, -0.05) is 12.1 Å². The summed E-state index contributed by atoms with van der Waals surface area (Å²) in [6, 6.07) is 8.42. The van der Waals surface area contributed by atoms with E-state index in [1.54, 1.807) is 0 Å². The number of benzene rings is 1. The maximum atomic E-state index is 5.40. The van der Waals surface area contributed by atoms with Crippen LogP contribution >= 0.6 is 12.2 Å². The molecule has 1 fully saturated rings. The first kappa shape index (κ1) is 15.1. The van der Waals surface area contributed by atoms with Crippen molar-refractivity contribution >= 4 is 28.7 Å². The van der Waals surface area contributed by atoms with E-state index in [9.17, 15) is 0 Å². The number of thiocarbonyl (C=S) groups is 1. The largest absolute Gasteiger partial charge is 0.370 e. The zero-order valence-electron chi connectivity index (χ0n) is 12.7. The zero-order chi connectivity index (χ0) is 14.6. The molecular weight excluding hydrogens is 266 g/mol. The fourth-order valence-electron chi connectivity index (χ4n) is 2.48. The van der Waals surface area contributed by atoms with Gasteiger partial charge in [-0.05, 0) is 64.4 Å². The van der Waals surface area contributed by atoms with E-state index >= 15 is 0 Å². The summed E-state index contributed by atoms with van der Waals surface area (Å²) >= 11 is 5.40. The first-order chi connectivity index (χ1) is 9.46. The number of piperidine rings is 1. The third kappa shape index (κ3) is 4.37. The topological polar surface area (TPSA) is 27.3 Å². The number of nitrogens with zero attached hydrogens (tertiary/aromatic N) is 1. The molecule has 1 aliphatic rings. The molecule has 0 aliphatic carbocycles. The summed E-state index contributed by atoms with van der Waals surface area (Å²) in [5.74, 6) is 0. The predicted octanol–water partition coefficient (Wildman–Crippen LogP) is 3.76. The molecule has 0 spiro atoms. The number of hydrogen-bond acceptors (Lipinski definition) is 2. The fraction of sp³-hybridized carbons (Fsp3) is 0.562. The standard InChI is InChI=1S/C16H25N3S/c1-16(2,3)18-15(20)17-13-9-5-6-10-14(13)19-11-7-4-8-12-19/h5-6,9-10H,4,7-8,11-12H2,1-3H3,(H2,17,18,20). The second-order valence-electron chi connectivity index (χ2n) is 6.39. The lowest BCUT2D eigenvalue weighted by Crippen LogP contribution is -2.43. The Morgan fingerprint density at radius 2 is 1.75 bits per heavy atom. The average Bonchev–Trinajstić information content (AvgIpc) is 2.38. The van der Waals surface area contributed by atoms with Gasteiger partial charge in [0.15, 0.2) is 5.11 Å². The number of para-hydroxylation sites is 2. The van der Waals surface area contributed by atoms with Crippen molar-refractivity contribution in [2.24, 2.45) is 0 Å². The Morgan fingerprint density at radius 1 is 1.10 bits per heavy atom. The van der Waals surface area contributed by atoms with Crippen LogP contribution in [0, 0.1) is 0 Å². The monoisotopic (exact) mass is 291 g/mol. The molecule has 1 heterocycles. The number of anilines is 2. The Kier molecular flexibility index (Phi) is 4.86. The third-order valence-electron chi connectivity index (χ3n) is 3.34. The molecule has 0 unspecified atom stereocenters. The van der Waals surface area contributed by atoms with Gasteiger partial charge in [-0.15, -0.1) is 0 Å². The minimum absolute atomic E-state index is 0.0237. The quantitative estimate of drug-likeness (QED) is 0.811. The Labute approximate surface area is 127 Å². The van der Waals surface area contributed by atoms with Gasteiger partial charge in [-0.2, -0.15) is 0 Å². The molecule has 20 heavy (non-hydrogen) atoms. The summed E-state index contributed by atoms with van der Waals surface area (Å²) in [6.45, 7) is 8.60. The molecule has 0 radical (unpaired) electrons. The minimum atomic E-state index is -0.0237. The fourth-order valence-corrected chi connectivity index (χ4v) is 2.90. The molecule has 2 rings (SSSR count). The highest BCUT2D eigenvalue weighted by molar-refractivity contribution is 7.80. The Hall–Kier alpha value is -1.29. The van der Waals surface area contributed by atoms with E-state index in [-0.39, 0.29) is 5.54 Å². The summed E-state index contributed by atoms with van der Waals surface area (Å²) in [4.78, 5) is 2.45. The first-order valence-electron chi connectivity index (χ1n) is 7.39. The molecule has 0 aromatic heterocycles. The molecule has 0 saturated carbocycles. The van der Waals surface area contributed by atoms with Gasteiger partial charge in [0, 0.05) is 18.6 Å². The molecular formula is C16H25N3S. The summed E-state index contributed by atoms with van der Waals surface area (Å²) in [6.07, 6.45) is 3.90. The summed E-state index contributed by atoms with van der Waals surface area (Å²) in [5.41, 5.74) is 2.32. The summed E-state index contributed by atoms with van der Waals surface area (Å²) in [5, 5.41) is 7.32. The molecule has 1 aromatic rings. The van der Waals surface area contributed by atoms with E-state index in [2.05, 4.69) is 60.6 Å². The van der Waals surface area contributed by atoms with Crippen molar-refractivity contribution in [1.29, 1.82) is 0 Å². The molecule has 3 nitrogen and oxygen atoms in total. The molecule has 0 amide bonds. The lowest BCUT2D eigenvalue weighted by Gasteiger charge is -2.31. The minimum Gasteiger partial charge on any atom is -0.370 e. The lowest BCUT2D eigenvalue weighted by atomic mass is 10.1. The molecule has 110 valence electrons. The molecule has 4 heteroatoms. The number of nitrogens with one attached hydrogen (secondary N) is 2. The van der Waals surface area contributed by atoms with Crippen LogP contribution < -0.4 is 15.5 Å². The van der Waals surface area contributed by atoms with Crippen LogP contribution in [0.3, 0.4) is 0 Å². The van der Waals surface area contributed by atoms with Gasteiger partial charge in [0.1, 0.15) is 0 Å². The molecule has 0 bridgehead atoms. The van der Waals surface area contributed by atoms with Crippen molar-refractivity contribution in [3.8, 4) is 0 Å². The van der Waals surface area contributed by atoms with Crippen molar-refractivity contribution in [2.75, 3.05) is 23.3 Å². The van der Waals surface area contributed by atoms with Crippen molar-refractivity contribution in [3.05, 3.63) is 24.3 Å². The summed E-state index contributed by atoms with van der Waals surface area (Å²) < 4.78 is 0. The molecule has 1 saturated heterocycles. The van der Waals surface area contributed by atoms with Crippen LogP contribution in [0.2, 0.25) is 0 Å². The van der Waals surface area contributed by atoms with Crippen molar-refractivity contribution in [1.82, 2.24) is 5.32 Å².